The van der Waals surface area contributed by atoms with Crippen molar-refractivity contribution < 1.29 is 13.9 Å². The van der Waals surface area contributed by atoms with Crippen molar-refractivity contribution in [3.8, 4) is 11.6 Å². The first-order valence-electron chi connectivity index (χ1n) is 9.80. The van der Waals surface area contributed by atoms with Crippen LogP contribution in [-0.4, -0.2) is 47.9 Å². The molecule has 158 valence electrons. The average molecular weight is 413 g/mol. The van der Waals surface area contributed by atoms with Gasteiger partial charge in [-0.1, -0.05) is 0 Å². The zero-order valence-corrected chi connectivity index (χ0v) is 16.6. The minimum absolute atomic E-state index is 0.0606. The van der Waals surface area contributed by atoms with Crippen LogP contribution in [0.15, 0.2) is 34.5 Å². The monoisotopic (exact) mass is 413 g/mol. The van der Waals surface area contributed by atoms with Crippen LogP contribution in [0.25, 0.3) is 0 Å². The van der Waals surface area contributed by atoms with Crippen LogP contribution in [0.4, 0.5) is 21.6 Å². The summed E-state index contributed by atoms with van der Waals surface area (Å²) in [6, 6.07) is 5.46. The van der Waals surface area contributed by atoms with Crippen molar-refractivity contribution in [2.75, 3.05) is 12.4 Å². The van der Waals surface area contributed by atoms with Gasteiger partial charge in [0.25, 0.3) is 5.88 Å². The Kier molecular flexibility index (Phi) is 6.03. The van der Waals surface area contributed by atoms with Gasteiger partial charge in [0, 0.05) is 18.2 Å². The van der Waals surface area contributed by atoms with Crippen molar-refractivity contribution in [1.82, 2.24) is 15.3 Å². The lowest BCUT2D eigenvalue weighted by Gasteiger charge is -2.29. The number of nitrogens with two attached hydrogens (primary N) is 1. The fraction of sp³-hybridized carbons (Fsp3) is 0.400. The SMILES string of the molecule is COc1c(Nc2ccc(N=CN=CN)cc2F)ncnc1OC1CC2CCC(C1)N2. The molecule has 30 heavy (non-hydrogen) atoms. The zero-order valence-electron chi connectivity index (χ0n) is 16.6. The molecule has 4 rings (SSSR count). The smallest absolute Gasteiger partial charge is 0.262 e. The molecule has 10 heteroatoms. The molecule has 2 saturated heterocycles. The largest absolute Gasteiger partial charge is 0.489 e. The molecule has 4 N–H and O–H groups in total. The number of rotatable bonds is 7. The number of hydrogen-bond acceptors (Lipinski definition) is 7. The number of nitrogens with one attached hydrogen (secondary N) is 2. The Hall–Kier alpha value is -3.27. The van der Waals surface area contributed by atoms with Gasteiger partial charge < -0.3 is 25.8 Å². The molecule has 0 saturated carbocycles. The molecule has 1 aromatic carbocycles. The number of anilines is 2. The van der Waals surface area contributed by atoms with Gasteiger partial charge in [-0.05, 0) is 37.8 Å². The van der Waals surface area contributed by atoms with E-state index in [1.165, 1.54) is 38.7 Å². The van der Waals surface area contributed by atoms with Gasteiger partial charge in [0.05, 0.1) is 24.8 Å². The highest BCUT2D eigenvalue weighted by Crippen LogP contribution is 2.37. The molecule has 9 nitrogen and oxygen atoms in total. The molecule has 0 aliphatic carbocycles. The molecule has 2 unspecified atom stereocenters. The van der Waals surface area contributed by atoms with E-state index < -0.39 is 5.82 Å². The van der Waals surface area contributed by atoms with Crippen LogP contribution >= 0.6 is 0 Å². The van der Waals surface area contributed by atoms with E-state index in [2.05, 4.69) is 30.6 Å². The number of ether oxygens (including phenoxy) is 2. The maximum absolute atomic E-state index is 14.5. The second kappa shape index (κ2) is 9.04. The van der Waals surface area contributed by atoms with E-state index in [9.17, 15) is 4.39 Å². The summed E-state index contributed by atoms with van der Waals surface area (Å²) in [5.41, 5.74) is 5.77. The average Bonchev–Trinajstić information content (AvgIpc) is 3.08. The molecule has 2 aromatic rings. The van der Waals surface area contributed by atoms with E-state index in [1.807, 2.05) is 0 Å². The van der Waals surface area contributed by atoms with E-state index in [1.54, 1.807) is 12.1 Å². The Morgan fingerprint density at radius 2 is 2.07 bits per heavy atom. The third kappa shape index (κ3) is 4.48. The van der Waals surface area contributed by atoms with E-state index in [-0.39, 0.29) is 11.8 Å². The summed E-state index contributed by atoms with van der Waals surface area (Å²) in [6.07, 6.45) is 7.99. The van der Waals surface area contributed by atoms with E-state index >= 15 is 0 Å². The number of fused-ring (bicyclic) bond motifs is 2. The molecule has 1 aromatic heterocycles. The van der Waals surface area contributed by atoms with Crippen molar-refractivity contribution in [2.24, 2.45) is 15.7 Å². The lowest BCUT2D eigenvalue weighted by atomic mass is 10.0. The first kappa shape index (κ1) is 20.0. The fourth-order valence-electron chi connectivity index (χ4n) is 3.93. The van der Waals surface area contributed by atoms with E-state index in [0.29, 0.717) is 35.2 Å². The van der Waals surface area contributed by atoms with Gasteiger partial charge in [-0.25, -0.2) is 19.4 Å². The third-order valence-electron chi connectivity index (χ3n) is 5.25. The summed E-state index contributed by atoms with van der Waals surface area (Å²) in [5.74, 6) is 0.506. The predicted molar refractivity (Wildman–Crippen MR) is 113 cm³/mol. The van der Waals surface area contributed by atoms with Gasteiger partial charge in [0.2, 0.25) is 5.75 Å². The molecule has 0 radical (unpaired) electrons. The highest BCUT2D eigenvalue weighted by molar-refractivity contribution is 5.73. The quantitative estimate of drug-likeness (QED) is 0.472. The molecule has 2 atom stereocenters. The minimum Gasteiger partial charge on any atom is -0.489 e. The van der Waals surface area contributed by atoms with Crippen LogP contribution in [0, 0.1) is 5.82 Å². The third-order valence-corrected chi connectivity index (χ3v) is 5.25. The zero-order chi connectivity index (χ0) is 20.9. The summed E-state index contributed by atoms with van der Waals surface area (Å²) in [4.78, 5) is 16.1. The molecule has 2 bridgehead atoms. The van der Waals surface area contributed by atoms with Gasteiger partial charge in [-0.3, -0.25) is 0 Å². The van der Waals surface area contributed by atoms with Gasteiger partial charge in [0.15, 0.2) is 5.82 Å². The van der Waals surface area contributed by atoms with Crippen molar-refractivity contribution in [3.63, 3.8) is 0 Å². The lowest BCUT2D eigenvalue weighted by molar-refractivity contribution is 0.127. The molecule has 3 heterocycles. The Balaban J connectivity index is 1.51. The number of piperidine rings is 1. The van der Waals surface area contributed by atoms with Crippen molar-refractivity contribution in [3.05, 3.63) is 30.3 Å². The lowest BCUT2D eigenvalue weighted by Crippen LogP contribution is -2.42. The number of benzene rings is 1. The highest BCUT2D eigenvalue weighted by Gasteiger charge is 2.35. The van der Waals surface area contributed by atoms with Gasteiger partial charge in [0.1, 0.15) is 24.6 Å². The Morgan fingerprint density at radius 3 is 2.77 bits per heavy atom. The molecule has 0 spiro atoms. The first-order chi connectivity index (χ1) is 14.7. The molecule has 2 aliphatic heterocycles. The normalized spacial score (nSPS) is 23.2. The number of methoxy groups -OCH3 is 1. The predicted octanol–water partition coefficient (Wildman–Crippen LogP) is 2.68. The minimum atomic E-state index is -0.501. The highest BCUT2D eigenvalue weighted by atomic mass is 19.1. The molecule has 2 fully saturated rings. The topological polar surface area (TPSA) is 119 Å². The van der Waals surface area contributed by atoms with Crippen molar-refractivity contribution in [1.29, 1.82) is 0 Å². The summed E-state index contributed by atoms with van der Waals surface area (Å²) < 4.78 is 26.2. The fourth-order valence-corrected chi connectivity index (χ4v) is 3.93. The van der Waals surface area contributed by atoms with Crippen molar-refractivity contribution >= 4 is 29.9 Å². The van der Waals surface area contributed by atoms with Crippen LogP contribution in [-0.2, 0) is 0 Å². The first-order valence-corrected chi connectivity index (χ1v) is 9.80. The maximum atomic E-state index is 14.5. The molecular weight excluding hydrogens is 389 g/mol. The number of aliphatic imine (C=N–C) groups is 2. The standard InChI is InChI=1S/C20H24FN7O2/c1-29-18-19(28-17-5-4-12(8-16(17)21)24-10-23-9-22)25-11-26-20(18)30-15-6-13-2-3-14(7-15)27-13/h4-5,8-11,13-15,27H,2-3,6-7H2,1H3,(H2,22,23,24)(H,25,26,28). The van der Waals surface area contributed by atoms with Crippen LogP contribution in [0.2, 0.25) is 0 Å². The summed E-state index contributed by atoms with van der Waals surface area (Å²) in [6.45, 7) is 0. The molecule has 0 amide bonds. The molecular formula is C20H24FN7O2. The van der Waals surface area contributed by atoms with E-state index in [4.69, 9.17) is 15.2 Å². The maximum Gasteiger partial charge on any atom is 0.262 e. The van der Waals surface area contributed by atoms with Gasteiger partial charge in [-0.15, -0.1) is 0 Å². The molecule has 2 aliphatic rings. The summed E-state index contributed by atoms with van der Waals surface area (Å²) >= 11 is 0. The van der Waals surface area contributed by atoms with Gasteiger partial charge >= 0.3 is 0 Å². The van der Waals surface area contributed by atoms with Crippen LogP contribution in [0.3, 0.4) is 0 Å². The van der Waals surface area contributed by atoms with Gasteiger partial charge in [-0.2, -0.15) is 4.98 Å². The number of nitrogens with zero attached hydrogens (tertiary/aromatic N) is 4. The summed E-state index contributed by atoms with van der Waals surface area (Å²) in [5, 5.41) is 6.53. The second-order valence-electron chi connectivity index (χ2n) is 7.24. The number of halogens is 1. The van der Waals surface area contributed by atoms with Crippen LogP contribution < -0.4 is 25.8 Å². The van der Waals surface area contributed by atoms with Crippen LogP contribution in [0.5, 0.6) is 11.6 Å². The number of aromatic nitrogens is 2. The van der Waals surface area contributed by atoms with E-state index in [0.717, 1.165) is 19.2 Å². The summed E-state index contributed by atoms with van der Waals surface area (Å²) in [7, 11) is 1.51. The Morgan fingerprint density at radius 1 is 1.27 bits per heavy atom. The number of hydrogen-bond donors (Lipinski definition) is 3. The van der Waals surface area contributed by atoms with Crippen molar-refractivity contribution in [2.45, 2.75) is 43.9 Å². The Labute approximate surface area is 173 Å². The van der Waals surface area contributed by atoms with Crippen LogP contribution in [0.1, 0.15) is 25.7 Å². The second-order valence-corrected chi connectivity index (χ2v) is 7.24. The Bertz CT molecular complexity index is 941.